The van der Waals surface area contributed by atoms with Crippen molar-refractivity contribution in [2.45, 2.75) is 180 Å². The SMILES string of the molecule is CO[C@H]1C[C@@H]2CC[C@@H](C)[C@@](O)(O2)C(=O)C(=O)N2CCCC[C@H]2C(=O)O[C@H]([C@H](C)C[C@@H]2CCC(NC[P+](C)=O)[C@H](OC)C2)CC(=O)[C@H](C)/C=C(\C)[C@@H](O)[C@@H](OC)C(=O)[C@H](C)C[C@H](C)/C=C/C=CC=C1C. The Morgan fingerprint density at radius 1 is 0.899 bits per heavy atom. The van der Waals surface area contributed by atoms with Gasteiger partial charge < -0.3 is 38.8 Å². The van der Waals surface area contributed by atoms with Gasteiger partial charge in [0.25, 0.3) is 11.7 Å². The summed E-state index contributed by atoms with van der Waals surface area (Å²) < 4.78 is 41.7. The molecule has 1 aliphatic carbocycles. The third kappa shape index (κ3) is 16.1. The van der Waals surface area contributed by atoms with Crippen molar-refractivity contribution >= 4 is 37.0 Å². The first-order valence-electron chi connectivity index (χ1n) is 25.3. The maximum Gasteiger partial charge on any atom is 0.350 e. The highest BCUT2D eigenvalue weighted by Gasteiger charge is 2.53. The number of allylic oxidation sites excluding steroid dienone is 6. The van der Waals surface area contributed by atoms with Crippen LogP contribution in [-0.4, -0.2) is 140 Å². The minimum atomic E-state index is -2.43. The number of rotatable bonds is 9. The number of aliphatic hydroxyl groups excluding tert-OH is 1. The van der Waals surface area contributed by atoms with Gasteiger partial charge in [-0.1, -0.05) is 75.6 Å². The average Bonchev–Trinajstić information content (AvgIpc) is 3.32. The number of esters is 1. The predicted molar refractivity (Wildman–Crippen MR) is 264 cm³/mol. The molecule has 0 aromatic carbocycles. The zero-order valence-corrected chi connectivity index (χ0v) is 44.1. The number of aliphatic hydroxyl groups is 2. The molecule has 2 unspecified atom stereocenters. The highest BCUT2D eigenvalue weighted by Crippen LogP contribution is 2.38. The number of nitrogens with zero attached hydrogens (tertiary/aromatic N) is 1. The number of ether oxygens (including phenoxy) is 5. The summed E-state index contributed by atoms with van der Waals surface area (Å²) >= 11 is 0. The van der Waals surface area contributed by atoms with Crippen LogP contribution in [0.5, 0.6) is 0 Å². The molecule has 4 rings (SSSR count). The van der Waals surface area contributed by atoms with Gasteiger partial charge in [-0.25, -0.2) is 4.79 Å². The molecular formula is C53H84N2O13P+. The maximum absolute atomic E-state index is 14.5. The van der Waals surface area contributed by atoms with Gasteiger partial charge in [0.15, 0.2) is 12.1 Å². The molecule has 4 aliphatic rings. The molecule has 2 saturated heterocycles. The topological polar surface area (TPSA) is 204 Å². The van der Waals surface area contributed by atoms with E-state index in [1.54, 1.807) is 47.7 Å². The molecular weight excluding hydrogens is 904 g/mol. The van der Waals surface area contributed by atoms with E-state index in [2.05, 4.69) is 5.32 Å². The van der Waals surface area contributed by atoms with Gasteiger partial charge in [0.2, 0.25) is 5.79 Å². The quantitative estimate of drug-likeness (QED) is 0.0906. The van der Waals surface area contributed by atoms with Crippen LogP contribution in [0.15, 0.2) is 47.6 Å². The van der Waals surface area contributed by atoms with E-state index >= 15 is 0 Å². The average molecular weight is 988 g/mol. The smallest absolute Gasteiger partial charge is 0.350 e. The lowest BCUT2D eigenvalue weighted by molar-refractivity contribution is -0.265. The molecule has 0 aromatic heterocycles. The monoisotopic (exact) mass is 988 g/mol. The van der Waals surface area contributed by atoms with Crippen molar-refractivity contribution in [1.82, 2.24) is 10.2 Å². The van der Waals surface area contributed by atoms with Crippen LogP contribution in [0, 0.1) is 35.5 Å². The maximum atomic E-state index is 14.5. The van der Waals surface area contributed by atoms with E-state index in [1.165, 1.54) is 12.0 Å². The van der Waals surface area contributed by atoms with Gasteiger partial charge in [0.05, 0.1) is 18.3 Å². The van der Waals surface area contributed by atoms with E-state index in [0.717, 1.165) is 18.4 Å². The highest BCUT2D eigenvalue weighted by molar-refractivity contribution is 7.43. The van der Waals surface area contributed by atoms with Crippen LogP contribution in [0.3, 0.4) is 0 Å². The normalized spacial score (nSPS) is 37.8. The Labute approximate surface area is 412 Å². The molecule has 2 bridgehead atoms. The van der Waals surface area contributed by atoms with Gasteiger partial charge in [-0.2, -0.15) is 0 Å². The second-order valence-corrected chi connectivity index (χ2v) is 22.2. The molecule has 3 heterocycles. The molecule has 3 fully saturated rings. The van der Waals surface area contributed by atoms with Crippen LogP contribution in [0.25, 0.3) is 0 Å². The number of carbonyl (C=O) groups is 5. The molecule has 0 aromatic rings. The number of amides is 1. The molecule has 0 spiro atoms. The molecule has 3 aliphatic heterocycles. The molecule has 388 valence electrons. The third-order valence-electron chi connectivity index (χ3n) is 15.1. The number of methoxy groups -OCH3 is 3. The highest BCUT2D eigenvalue weighted by atomic mass is 31.1. The first-order chi connectivity index (χ1) is 32.6. The van der Waals surface area contributed by atoms with Crippen molar-refractivity contribution in [3.63, 3.8) is 0 Å². The zero-order valence-electron chi connectivity index (χ0n) is 43.2. The lowest BCUT2D eigenvalue weighted by Gasteiger charge is -2.42. The molecule has 15 nitrogen and oxygen atoms in total. The summed E-state index contributed by atoms with van der Waals surface area (Å²) in [7, 11) is 3.25. The zero-order chi connectivity index (χ0) is 51.2. The minimum absolute atomic E-state index is 0.0161. The second-order valence-electron chi connectivity index (χ2n) is 20.6. The largest absolute Gasteiger partial charge is 0.460 e. The Bertz CT molecular complexity index is 1900. The summed E-state index contributed by atoms with van der Waals surface area (Å²) in [5, 5.41) is 26.9. The fraction of sp³-hybridized carbons (Fsp3) is 0.755. The predicted octanol–water partition coefficient (Wildman–Crippen LogP) is 7.19. The van der Waals surface area contributed by atoms with Crippen molar-refractivity contribution in [3.05, 3.63) is 47.6 Å². The van der Waals surface area contributed by atoms with Crippen LogP contribution in [0.1, 0.15) is 126 Å². The number of ketones is 3. The van der Waals surface area contributed by atoms with Crippen molar-refractivity contribution in [2.75, 3.05) is 40.8 Å². The fourth-order valence-electron chi connectivity index (χ4n) is 10.6. The van der Waals surface area contributed by atoms with Crippen molar-refractivity contribution < 1.29 is 62.4 Å². The van der Waals surface area contributed by atoms with Gasteiger partial charge in [-0.05, 0) is 107 Å². The van der Waals surface area contributed by atoms with E-state index in [0.29, 0.717) is 63.2 Å². The Morgan fingerprint density at radius 2 is 1.62 bits per heavy atom. The summed E-state index contributed by atoms with van der Waals surface area (Å²) in [5.74, 6) is -7.91. The molecule has 0 radical (unpaired) electrons. The Hall–Kier alpha value is -3.27. The first-order valence-corrected chi connectivity index (χ1v) is 27.1. The number of piperidine rings is 1. The van der Waals surface area contributed by atoms with E-state index < -0.39 is 85.6 Å². The summed E-state index contributed by atoms with van der Waals surface area (Å²) in [6.45, 7) is 14.5. The Balaban J connectivity index is 1.70. The summed E-state index contributed by atoms with van der Waals surface area (Å²) in [4.78, 5) is 72.3. The Morgan fingerprint density at radius 3 is 2.29 bits per heavy atom. The number of hydrogen-bond acceptors (Lipinski definition) is 14. The minimum Gasteiger partial charge on any atom is -0.460 e. The molecule has 3 N–H and O–H groups in total. The number of carbonyl (C=O) groups excluding carboxylic acids is 5. The summed E-state index contributed by atoms with van der Waals surface area (Å²) in [6.07, 6.45) is 12.9. The van der Waals surface area contributed by atoms with Crippen LogP contribution < -0.4 is 5.32 Å². The van der Waals surface area contributed by atoms with Gasteiger partial charge in [0, 0.05) is 64.5 Å². The second kappa shape index (κ2) is 27.5. The number of nitrogens with one attached hydrogen (secondary N) is 1. The number of cyclic esters (lactones) is 1. The van der Waals surface area contributed by atoms with Crippen LogP contribution in [0.4, 0.5) is 0 Å². The Kier molecular flexibility index (Phi) is 23.3. The molecule has 16 heteroatoms. The van der Waals surface area contributed by atoms with Gasteiger partial charge in [-0.15, -0.1) is 0 Å². The van der Waals surface area contributed by atoms with Crippen LogP contribution in [-0.2, 0) is 52.2 Å². The summed E-state index contributed by atoms with van der Waals surface area (Å²) in [6, 6.07) is -1.11. The number of fused-ring (bicyclic) bond motifs is 3. The van der Waals surface area contributed by atoms with Crippen molar-refractivity contribution in [3.8, 4) is 0 Å². The van der Waals surface area contributed by atoms with E-state index in [-0.39, 0.29) is 60.9 Å². The van der Waals surface area contributed by atoms with Crippen LogP contribution in [0.2, 0.25) is 0 Å². The lowest BCUT2D eigenvalue weighted by Crippen LogP contribution is -2.61. The number of hydrogen-bond donors (Lipinski definition) is 3. The van der Waals surface area contributed by atoms with E-state index in [9.17, 15) is 38.8 Å². The van der Waals surface area contributed by atoms with Crippen LogP contribution >= 0.6 is 7.80 Å². The molecule has 69 heavy (non-hydrogen) atoms. The van der Waals surface area contributed by atoms with Crippen molar-refractivity contribution in [2.24, 2.45) is 35.5 Å². The van der Waals surface area contributed by atoms with E-state index in [1.807, 2.05) is 58.1 Å². The van der Waals surface area contributed by atoms with Crippen molar-refractivity contribution in [1.29, 1.82) is 0 Å². The van der Waals surface area contributed by atoms with Gasteiger partial charge in [-0.3, -0.25) is 24.5 Å². The first kappa shape index (κ1) is 58.3. The number of Topliss-reactive ketones (excluding diaryl/α,β-unsaturated/α-hetero) is 3. The fourth-order valence-corrected chi connectivity index (χ4v) is 11.1. The molecule has 16 atom stereocenters. The third-order valence-corrected chi connectivity index (χ3v) is 15.7. The van der Waals surface area contributed by atoms with E-state index in [4.69, 9.17) is 23.7 Å². The summed E-state index contributed by atoms with van der Waals surface area (Å²) in [5.41, 5.74) is 1.27. The standard InChI is InChI=1S/C53H84N2O13P/c1-32-17-13-12-14-18-33(2)44(64-8)29-40-22-20-38(7)53(62,68-40)50(59)51(60)55-24-16-15-19-42(55)52(61)67-45(35(4)27-39-21-23-41(46(28-39)65-9)54-31-69(11)63)30-43(56)34(3)26-37(6)48(58)49(66-10)47(57)36(5)25-32/h12-14,17-18,26,32,34-36,38-42,44-46,48-49,54,58,62H,15-16,19-25,27-31H2,1-11H3/q+1/b14-12?,17-13+,33-18?,37-26+/t32-,34-,35-,36-,38-,39+,40+,41?,42+,44+,45+,46-,48-,49+,53-/m1/s1. The van der Waals surface area contributed by atoms with Gasteiger partial charge >= 0.3 is 13.8 Å². The van der Waals surface area contributed by atoms with Gasteiger partial charge in [0.1, 0.15) is 36.8 Å². The lowest BCUT2D eigenvalue weighted by atomic mass is 9.77. The molecule has 1 amide bonds. The molecule has 1 saturated carbocycles.